The number of rotatable bonds is 4. The van der Waals surface area contributed by atoms with Crippen LogP contribution in [0.15, 0.2) is 12.2 Å². The van der Waals surface area contributed by atoms with Crippen LogP contribution in [-0.2, 0) is 9.59 Å². The summed E-state index contributed by atoms with van der Waals surface area (Å²) >= 11 is 11.3. The third kappa shape index (κ3) is 2.38. The molecule has 2 heterocycles. The van der Waals surface area contributed by atoms with E-state index < -0.39 is 0 Å². The molecule has 4 atom stereocenters. The minimum absolute atomic E-state index is 0.0315. The first kappa shape index (κ1) is 14.8. The molecule has 2 amide bonds. The van der Waals surface area contributed by atoms with Crippen molar-refractivity contribution < 1.29 is 14.3 Å². The first-order chi connectivity index (χ1) is 11.0. The summed E-state index contributed by atoms with van der Waals surface area (Å²) in [5.74, 6) is -0.196. The molecule has 2 fully saturated rings. The Labute approximate surface area is 141 Å². The van der Waals surface area contributed by atoms with Crippen molar-refractivity contribution in [3.63, 3.8) is 0 Å². The molecule has 1 saturated heterocycles. The average molecular weight is 355 g/mol. The number of carbonyl (C=O) groups is 2. The molecule has 2 bridgehead atoms. The van der Waals surface area contributed by atoms with Crippen LogP contribution < -0.4 is 4.74 Å². The summed E-state index contributed by atoms with van der Waals surface area (Å²) in [5.41, 5.74) is 0. The fourth-order valence-corrected chi connectivity index (χ4v) is 4.13. The molecule has 1 aromatic rings. The van der Waals surface area contributed by atoms with Gasteiger partial charge in [-0.05, 0) is 41.5 Å². The Balaban J connectivity index is 1.40. The molecule has 0 spiro atoms. The maximum atomic E-state index is 12.5. The Morgan fingerprint density at radius 3 is 2.17 bits per heavy atom. The van der Waals surface area contributed by atoms with Gasteiger partial charge in [-0.25, -0.2) is 0 Å². The summed E-state index contributed by atoms with van der Waals surface area (Å²) in [6.45, 7) is 0.237. The zero-order valence-electron chi connectivity index (χ0n) is 11.9. The summed E-state index contributed by atoms with van der Waals surface area (Å²) in [5, 5.41) is -0.156. The second kappa shape index (κ2) is 5.42. The van der Waals surface area contributed by atoms with Crippen LogP contribution in [0.3, 0.4) is 0 Å². The maximum absolute atomic E-state index is 12.5. The highest BCUT2D eigenvalue weighted by molar-refractivity contribution is 6.31. The van der Waals surface area contributed by atoms with Crippen LogP contribution in [0.25, 0.3) is 0 Å². The van der Waals surface area contributed by atoms with E-state index in [1.165, 1.54) is 4.90 Å². The molecule has 0 N–H and O–H groups in total. The van der Waals surface area contributed by atoms with Gasteiger partial charge in [-0.15, -0.1) is 0 Å². The molecule has 0 radical (unpaired) electrons. The number of carbonyl (C=O) groups excluding carboxylic acids is 2. The van der Waals surface area contributed by atoms with E-state index in [9.17, 15) is 9.59 Å². The number of nitrogens with zero attached hydrogens (tertiary/aromatic N) is 4. The third-order valence-electron chi connectivity index (χ3n) is 4.67. The molecule has 1 saturated carbocycles. The predicted octanol–water partition coefficient (Wildman–Crippen LogP) is 1.36. The van der Waals surface area contributed by atoms with Gasteiger partial charge in [-0.1, -0.05) is 12.2 Å². The topological polar surface area (TPSA) is 85.3 Å². The van der Waals surface area contributed by atoms with Crippen molar-refractivity contribution >= 4 is 35.0 Å². The summed E-state index contributed by atoms with van der Waals surface area (Å²) < 4.78 is 5.32. The van der Waals surface area contributed by atoms with E-state index in [0.29, 0.717) is 0 Å². The Bertz CT molecular complexity index is 676. The zero-order chi connectivity index (χ0) is 16.1. The van der Waals surface area contributed by atoms with E-state index in [1.54, 1.807) is 0 Å². The van der Waals surface area contributed by atoms with Crippen LogP contribution >= 0.6 is 23.2 Å². The van der Waals surface area contributed by atoms with Gasteiger partial charge in [0.1, 0.15) is 6.61 Å². The minimum Gasteiger partial charge on any atom is -0.461 e. The Morgan fingerprint density at radius 1 is 1.04 bits per heavy atom. The van der Waals surface area contributed by atoms with Gasteiger partial charge in [0, 0.05) is 0 Å². The smallest absolute Gasteiger partial charge is 0.322 e. The summed E-state index contributed by atoms with van der Waals surface area (Å²) in [6.07, 6.45) is 5.04. The Hall–Kier alpha value is -1.73. The average Bonchev–Trinajstić information content (AvgIpc) is 3.15. The van der Waals surface area contributed by atoms with Gasteiger partial charge in [0.05, 0.1) is 18.4 Å². The molecule has 2 aliphatic carbocycles. The number of hydrogen-bond acceptors (Lipinski definition) is 6. The second-order valence-electron chi connectivity index (χ2n) is 5.83. The predicted molar refractivity (Wildman–Crippen MR) is 79.8 cm³/mol. The molecule has 9 heteroatoms. The fourth-order valence-electron chi connectivity index (χ4n) is 3.79. The molecule has 0 unspecified atom stereocenters. The molecule has 0 aromatic carbocycles. The van der Waals surface area contributed by atoms with E-state index in [-0.39, 0.29) is 65.2 Å². The summed E-state index contributed by atoms with van der Waals surface area (Å²) in [4.78, 5) is 37.4. The van der Waals surface area contributed by atoms with Gasteiger partial charge in [-0.3, -0.25) is 14.5 Å². The lowest BCUT2D eigenvalue weighted by Crippen LogP contribution is -2.36. The molecule has 1 aromatic heterocycles. The number of hydrogen-bond donors (Lipinski definition) is 0. The van der Waals surface area contributed by atoms with Crippen molar-refractivity contribution in [1.82, 2.24) is 19.9 Å². The van der Waals surface area contributed by atoms with Gasteiger partial charge < -0.3 is 4.74 Å². The number of halogens is 2. The number of aromatic nitrogens is 3. The van der Waals surface area contributed by atoms with Gasteiger partial charge >= 0.3 is 6.01 Å². The molecule has 4 rings (SSSR count). The van der Waals surface area contributed by atoms with E-state index >= 15 is 0 Å². The molecule has 3 aliphatic rings. The molecule has 23 heavy (non-hydrogen) atoms. The number of fused-ring (bicyclic) bond motifs is 5. The second-order valence-corrected chi connectivity index (χ2v) is 6.51. The SMILES string of the molecule is O=C1[C@@H]2[C@H](C(=O)N1CCOc1nc(Cl)nc(Cl)n1)[C@H]1C=C[C@@H]2C1. The first-order valence-corrected chi connectivity index (χ1v) is 8.03. The molecule has 1 aliphatic heterocycles. The van der Waals surface area contributed by atoms with Crippen LogP contribution in [0, 0.1) is 23.7 Å². The van der Waals surface area contributed by atoms with Crippen LogP contribution in [0.4, 0.5) is 0 Å². The lowest BCUT2D eigenvalue weighted by molar-refractivity contribution is -0.141. The zero-order valence-corrected chi connectivity index (χ0v) is 13.4. The van der Waals surface area contributed by atoms with E-state index in [4.69, 9.17) is 27.9 Å². The van der Waals surface area contributed by atoms with Gasteiger partial charge in [0.2, 0.25) is 22.4 Å². The molecular weight excluding hydrogens is 343 g/mol. The van der Waals surface area contributed by atoms with Crippen molar-refractivity contribution in [2.45, 2.75) is 6.42 Å². The largest absolute Gasteiger partial charge is 0.461 e. The number of ether oxygens (including phenoxy) is 1. The van der Waals surface area contributed by atoms with Gasteiger partial charge in [0.25, 0.3) is 0 Å². The third-order valence-corrected chi connectivity index (χ3v) is 5.01. The van der Waals surface area contributed by atoms with Crippen molar-refractivity contribution in [3.05, 3.63) is 22.7 Å². The molecular formula is C14H12Cl2N4O3. The van der Waals surface area contributed by atoms with Crippen LogP contribution in [0.5, 0.6) is 6.01 Å². The van der Waals surface area contributed by atoms with Crippen molar-refractivity contribution in [1.29, 1.82) is 0 Å². The molecule has 120 valence electrons. The lowest BCUT2D eigenvalue weighted by atomic mass is 9.85. The quantitative estimate of drug-likeness (QED) is 0.599. The van der Waals surface area contributed by atoms with Crippen molar-refractivity contribution in [2.24, 2.45) is 23.7 Å². The van der Waals surface area contributed by atoms with E-state index in [0.717, 1.165) is 6.42 Å². The monoisotopic (exact) mass is 354 g/mol. The maximum Gasteiger partial charge on any atom is 0.322 e. The van der Waals surface area contributed by atoms with Crippen molar-refractivity contribution in [2.75, 3.05) is 13.2 Å². The van der Waals surface area contributed by atoms with Gasteiger partial charge in [0.15, 0.2) is 0 Å². The Morgan fingerprint density at radius 2 is 1.61 bits per heavy atom. The number of amides is 2. The van der Waals surface area contributed by atoms with Gasteiger partial charge in [-0.2, -0.15) is 15.0 Å². The van der Waals surface area contributed by atoms with Crippen molar-refractivity contribution in [3.8, 4) is 6.01 Å². The number of imide groups is 1. The fraction of sp³-hybridized carbons (Fsp3) is 0.500. The highest BCUT2D eigenvalue weighted by Crippen LogP contribution is 2.52. The normalized spacial score (nSPS) is 31.1. The minimum atomic E-state index is -0.196. The van der Waals surface area contributed by atoms with Crippen LogP contribution in [0.1, 0.15) is 6.42 Å². The summed E-state index contributed by atoms with van der Waals surface area (Å²) in [6, 6.07) is -0.0315. The highest BCUT2D eigenvalue weighted by atomic mass is 35.5. The van der Waals surface area contributed by atoms with Crippen LogP contribution in [-0.4, -0.2) is 44.8 Å². The standard InChI is InChI=1S/C14H12Cl2N4O3/c15-12-17-13(16)19-14(18-12)23-4-3-20-10(21)8-6-1-2-7(5-6)9(8)11(20)22/h1-2,6-9H,3-5H2/t6-,7+,8+,9-. The first-order valence-electron chi connectivity index (χ1n) is 7.28. The number of allylic oxidation sites excluding steroid dienone is 2. The lowest BCUT2D eigenvalue weighted by Gasteiger charge is -2.16. The van der Waals surface area contributed by atoms with E-state index in [2.05, 4.69) is 27.1 Å². The Kier molecular flexibility index (Phi) is 3.50. The van der Waals surface area contributed by atoms with E-state index in [1.807, 2.05) is 0 Å². The number of likely N-dealkylation sites (tertiary alicyclic amines) is 1. The molecule has 7 nitrogen and oxygen atoms in total. The summed E-state index contributed by atoms with van der Waals surface area (Å²) in [7, 11) is 0. The van der Waals surface area contributed by atoms with Crippen LogP contribution in [0.2, 0.25) is 10.6 Å². The highest BCUT2D eigenvalue weighted by Gasteiger charge is 2.58.